The molecule has 3 N–H and O–H groups in total. The van der Waals surface area contributed by atoms with Crippen molar-refractivity contribution in [2.75, 3.05) is 0 Å². The third-order valence-corrected chi connectivity index (χ3v) is 8.31. The lowest BCUT2D eigenvalue weighted by Gasteiger charge is -2.48. The van der Waals surface area contributed by atoms with Gasteiger partial charge in [0, 0.05) is 25.2 Å². The van der Waals surface area contributed by atoms with E-state index in [4.69, 9.17) is 14.2 Å². The first-order chi connectivity index (χ1) is 15.7. The van der Waals surface area contributed by atoms with E-state index < -0.39 is 53.6 Å². The van der Waals surface area contributed by atoms with Crippen molar-refractivity contribution >= 4 is 11.9 Å². The summed E-state index contributed by atoms with van der Waals surface area (Å²) in [4.78, 5) is 24.5. The van der Waals surface area contributed by atoms with Crippen molar-refractivity contribution < 1.29 is 39.1 Å². The van der Waals surface area contributed by atoms with Crippen molar-refractivity contribution in [3.05, 3.63) is 12.2 Å². The number of aliphatic hydroxyl groups excluding tert-OH is 2. The zero-order valence-corrected chi connectivity index (χ0v) is 21.3. The standard InChI is InChI=1S/C26H42O8/c1-8-9-19(29)34-25(6)11-10-18(28)26(7,31)23(30)22-20-14(4)17(32-15(5)27)12-16(13(2)3)21(20)24(25)33-22/h13,16-18,20-24,28,30-31H,4,8-12H2,1-3,5-7H3. The number of rotatable bonds is 5. The molecule has 10 unspecified atom stereocenters. The fourth-order valence-electron chi connectivity index (χ4n) is 6.35. The van der Waals surface area contributed by atoms with Gasteiger partial charge in [0.15, 0.2) is 0 Å². The van der Waals surface area contributed by atoms with Gasteiger partial charge in [-0.05, 0) is 56.9 Å². The van der Waals surface area contributed by atoms with Crippen molar-refractivity contribution in [1.82, 2.24) is 0 Å². The van der Waals surface area contributed by atoms with Gasteiger partial charge in [0.25, 0.3) is 0 Å². The van der Waals surface area contributed by atoms with Gasteiger partial charge in [-0.3, -0.25) is 9.59 Å². The van der Waals surface area contributed by atoms with E-state index in [0.717, 1.165) is 0 Å². The van der Waals surface area contributed by atoms with E-state index in [2.05, 4.69) is 20.4 Å². The summed E-state index contributed by atoms with van der Waals surface area (Å²) in [7, 11) is 0. The number of hydrogen-bond donors (Lipinski definition) is 3. The molecular formula is C26H42O8. The average molecular weight is 483 g/mol. The van der Waals surface area contributed by atoms with Crippen LogP contribution in [-0.2, 0) is 23.8 Å². The Morgan fingerprint density at radius 1 is 1.26 bits per heavy atom. The molecule has 3 aliphatic rings. The van der Waals surface area contributed by atoms with Gasteiger partial charge in [-0.2, -0.15) is 0 Å². The Bertz CT molecular complexity index is 792. The molecule has 0 aromatic heterocycles. The number of carbonyl (C=O) groups excluding carboxylic acids is 2. The van der Waals surface area contributed by atoms with Crippen molar-refractivity contribution in [3.63, 3.8) is 0 Å². The summed E-state index contributed by atoms with van der Waals surface area (Å²) < 4.78 is 18.2. The number of carbonyl (C=O) groups is 2. The molecule has 2 heterocycles. The molecule has 194 valence electrons. The molecule has 2 aliphatic heterocycles. The molecule has 1 saturated carbocycles. The molecular weight excluding hydrogens is 440 g/mol. The lowest BCUT2D eigenvalue weighted by Crippen LogP contribution is -2.58. The van der Waals surface area contributed by atoms with Gasteiger partial charge in [-0.1, -0.05) is 27.4 Å². The maximum atomic E-state index is 12.6. The topological polar surface area (TPSA) is 123 Å². The predicted molar refractivity (Wildman–Crippen MR) is 125 cm³/mol. The van der Waals surface area contributed by atoms with Crippen LogP contribution in [0.25, 0.3) is 0 Å². The minimum absolute atomic E-state index is 0.0283. The second-order valence-electron chi connectivity index (χ2n) is 11.2. The Balaban J connectivity index is 2.13. The molecule has 10 atom stereocenters. The lowest BCUT2D eigenvalue weighted by molar-refractivity contribution is -0.191. The van der Waals surface area contributed by atoms with Crippen LogP contribution in [0.15, 0.2) is 12.2 Å². The summed E-state index contributed by atoms with van der Waals surface area (Å²) in [6.07, 6.45) is -2.86. The van der Waals surface area contributed by atoms with Crippen LogP contribution in [0.2, 0.25) is 0 Å². The first-order valence-electron chi connectivity index (χ1n) is 12.6. The quantitative estimate of drug-likeness (QED) is 0.404. The Kier molecular flexibility index (Phi) is 7.88. The first kappa shape index (κ1) is 27.1. The third-order valence-electron chi connectivity index (χ3n) is 8.31. The molecule has 8 nitrogen and oxygen atoms in total. The molecule has 0 spiro atoms. The molecule has 2 bridgehead atoms. The van der Waals surface area contributed by atoms with Gasteiger partial charge in [0.1, 0.15) is 29.5 Å². The van der Waals surface area contributed by atoms with Gasteiger partial charge >= 0.3 is 11.9 Å². The van der Waals surface area contributed by atoms with E-state index in [1.165, 1.54) is 13.8 Å². The van der Waals surface area contributed by atoms with Crippen LogP contribution < -0.4 is 0 Å². The van der Waals surface area contributed by atoms with Crippen molar-refractivity contribution in [2.45, 2.75) is 115 Å². The number of aliphatic hydroxyl groups is 3. The molecule has 2 saturated heterocycles. The fraction of sp³-hybridized carbons (Fsp3) is 0.846. The highest BCUT2D eigenvalue weighted by Crippen LogP contribution is 2.56. The molecule has 0 aromatic carbocycles. The molecule has 0 aromatic rings. The van der Waals surface area contributed by atoms with Crippen LogP contribution in [0.5, 0.6) is 0 Å². The SMILES string of the molecule is C=C1C(OC(C)=O)CC(C(C)C)C2C1C1OC2C(C)(OC(=O)CCC)CCC(O)C(C)(O)C1O. The molecule has 0 amide bonds. The predicted octanol–water partition coefficient (Wildman–Crippen LogP) is 2.52. The van der Waals surface area contributed by atoms with E-state index in [1.807, 2.05) is 13.8 Å². The summed E-state index contributed by atoms with van der Waals surface area (Å²) in [5.74, 6) is -1.17. The van der Waals surface area contributed by atoms with Crippen molar-refractivity contribution in [2.24, 2.45) is 23.7 Å². The van der Waals surface area contributed by atoms with Crippen LogP contribution in [0.4, 0.5) is 0 Å². The maximum Gasteiger partial charge on any atom is 0.306 e. The number of esters is 2. The van der Waals surface area contributed by atoms with Crippen molar-refractivity contribution in [3.8, 4) is 0 Å². The number of fused-ring (bicyclic) bond motifs is 5. The molecule has 8 heteroatoms. The molecule has 0 radical (unpaired) electrons. The minimum Gasteiger partial charge on any atom is -0.458 e. The lowest BCUT2D eigenvalue weighted by atomic mass is 9.59. The Labute approximate surface area is 202 Å². The third kappa shape index (κ3) is 4.79. The minimum atomic E-state index is -1.86. The Morgan fingerprint density at radius 3 is 2.47 bits per heavy atom. The van der Waals surface area contributed by atoms with E-state index in [-0.39, 0.29) is 43.0 Å². The van der Waals surface area contributed by atoms with E-state index in [1.54, 1.807) is 0 Å². The normalized spacial score (nSPS) is 44.6. The van der Waals surface area contributed by atoms with Gasteiger partial charge < -0.3 is 29.5 Å². The second kappa shape index (κ2) is 9.88. The second-order valence-corrected chi connectivity index (χ2v) is 11.2. The number of ether oxygens (including phenoxy) is 3. The smallest absolute Gasteiger partial charge is 0.306 e. The van der Waals surface area contributed by atoms with Gasteiger partial charge in [-0.15, -0.1) is 0 Å². The van der Waals surface area contributed by atoms with Crippen LogP contribution >= 0.6 is 0 Å². The highest BCUT2D eigenvalue weighted by Gasteiger charge is 2.64. The Morgan fingerprint density at radius 2 is 1.91 bits per heavy atom. The highest BCUT2D eigenvalue weighted by atomic mass is 16.6. The van der Waals surface area contributed by atoms with Gasteiger partial charge in [-0.25, -0.2) is 0 Å². The fourth-order valence-corrected chi connectivity index (χ4v) is 6.35. The zero-order valence-electron chi connectivity index (χ0n) is 21.3. The molecule has 1 aliphatic carbocycles. The van der Waals surface area contributed by atoms with Crippen LogP contribution in [0, 0.1) is 23.7 Å². The first-order valence-corrected chi connectivity index (χ1v) is 12.6. The maximum absolute atomic E-state index is 12.6. The van der Waals surface area contributed by atoms with E-state index in [9.17, 15) is 24.9 Å². The largest absolute Gasteiger partial charge is 0.458 e. The van der Waals surface area contributed by atoms with Gasteiger partial charge in [0.05, 0.1) is 12.2 Å². The summed E-state index contributed by atoms with van der Waals surface area (Å²) in [6.45, 7) is 14.9. The Hall–Kier alpha value is -1.48. The summed E-state index contributed by atoms with van der Waals surface area (Å²) >= 11 is 0. The monoisotopic (exact) mass is 482 g/mol. The molecule has 34 heavy (non-hydrogen) atoms. The van der Waals surface area contributed by atoms with E-state index >= 15 is 0 Å². The molecule has 3 rings (SSSR count). The number of hydrogen-bond acceptors (Lipinski definition) is 8. The van der Waals surface area contributed by atoms with Gasteiger partial charge in [0.2, 0.25) is 0 Å². The van der Waals surface area contributed by atoms with E-state index in [0.29, 0.717) is 18.4 Å². The molecule has 3 fully saturated rings. The summed E-state index contributed by atoms with van der Waals surface area (Å²) in [5.41, 5.74) is -2.31. The summed E-state index contributed by atoms with van der Waals surface area (Å²) in [6, 6.07) is 0. The van der Waals surface area contributed by atoms with Crippen LogP contribution in [0.3, 0.4) is 0 Å². The summed E-state index contributed by atoms with van der Waals surface area (Å²) in [5, 5.41) is 33.3. The zero-order chi connectivity index (χ0) is 25.6. The van der Waals surface area contributed by atoms with Crippen LogP contribution in [-0.4, -0.2) is 69.0 Å². The van der Waals surface area contributed by atoms with Crippen LogP contribution in [0.1, 0.15) is 73.6 Å². The average Bonchev–Trinajstić information content (AvgIpc) is 3.14. The highest BCUT2D eigenvalue weighted by molar-refractivity contribution is 5.70. The van der Waals surface area contributed by atoms with Crippen molar-refractivity contribution in [1.29, 1.82) is 0 Å².